The first-order valence-electron chi connectivity index (χ1n) is 7.65. The molecule has 1 N–H and O–H groups in total. The molecule has 23 heavy (non-hydrogen) atoms. The normalized spacial score (nSPS) is 14.5. The van der Waals surface area contributed by atoms with E-state index < -0.39 is 4.92 Å². The number of hydrogen-bond acceptors (Lipinski definition) is 5. The van der Waals surface area contributed by atoms with Crippen LogP contribution >= 0.6 is 0 Å². The average molecular weight is 313 g/mol. The van der Waals surface area contributed by atoms with E-state index in [9.17, 15) is 10.1 Å². The molecule has 0 amide bonds. The molecule has 0 atom stereocenters. The molecule has 6 nitrogen and oxygen atoms in total. The fourth-order valence-electron chi connectivity index (χ4n) is 2.63. The van der Waals surface area contributed by atoms with E-state index in [4.69, 9.17) is 4.74 Å². The average Bonchev–Trinajstić information content (AvgIpc) is 2.61. The molecule has 6 heteroatoms. The van der Waals surface area contributed by atoms with E-state index in [0.717, 1.165) is 37.4 Å². The van der Waals surface area contributed by atoms with Gasteiger partial charge in [0.1, 0.15) is 12.4 Å². The van der Waals surface area contributed by atoms with E-state index in [0.29, 0.717) is 12.4 Å². The Labute approximate surface area is 134 Å². The Bertz CT molecular complexity index is 670. The number of nitro groups is 1. The molecule has 0 saturated carbocycles. The lowest BCUT2D eigenvalue weighted by Gasteiger charge is -2.30. The van der Waals surface area contributed by atoms with Crippen molar-refractivity contribution in [1.29, 1.82) is 0 Å². The summed E-state index contributed by atoms with van der Waals surface area (Å²) in [6.45, 7) is 3.91. The molecule has 1 fully saturated rings. The number of rotatable bonds is 5. The monoisotopic (exact) mass is 313 g/mol. The van der Waals surface area contributed by atoms with Gasteiger partial charge in [0, 0.05) is 32.2 Å². The second-order valence-electron chi connectivity index (χ2n) is 5.42. The number of hydrogen-bond donors (Lipinski definition) is 1. The number of non-ortho nitro benzene ring substituents is 1. The summed E-state index contributed by atoms with van der Waals surface area (Å²) >= 11 is 0. The van der Waals surface area contributed by atoms with Gasteiger partial charge < -0.3 is 15.0 Å². The van der Waals surface area contributed by atoms with E-state index in [1.807, 2.05) is 30.3 Å². The van der Waals surface area contributed by atoms with Crippen molar-refractivity contribution in [3.63, 3.8) is 0 Å². The van der Waals surface area contributed by atoms with Gasteiger partial charge in [-0.15, -0.1) is 0 Å². The Morgan fingerprint density at radius 2 is 1.87 bits per heavy atom. The lowest BCUT2D eigenvalue weighted by atomic mass is 10.2. The van der Waals surface area contributed by atoms with Crippen LogP contribution in [0.5, 0.6) is 5.75 Å². The van der Waals surface area contributed by atoms with Crippen molar-refractivity contribution in [2.75, 3.05) is 31.1 Å². The molecule has 1 saturated heterocycles. The van der Waals surface area contributed by atoms with Gasteiger partial charge in [-0.2, -0.15) is 0 Å². The molecular formula is C17H19N3O3. The SMILES string of the molecule is O=[N+]([O-])c1ccc(N2CCNCC2)c(OCc2ccccc2)c1. The molecule has 2 aromatic rings. The Kier molecular flexibility index (Phi) is 4.73. The summed E-state index contributed by atoms with van der Waals surface area (Å²) < 4.78 is 5.90. The maximum Gasteiger partial charge on any atom is 0.273 e. The number of ether oxygens (including phenoxy) is 1. The smallest absolute Gasteiger partial charge is 0.273 e. The van der Waals surface area contributed by atoms with Crippen LogP contribution in [0.25, 0.3) is 0 Å². The van der Waals surface area contributed by atoms with Crippen molar-refractivity contribution in [3.8, 4) is 5.75 Å². The van der Waals surface area contributed by atoms with Gasteiger partial charge >= 0.3 is 0 Å². The fraction of sp³-hybridized carbons (Fsp3) is 0.294. The van der Waals surface area contributed by atoms with Crippen LogP contribution in [0.3, 0.4) is 0 Å². The second kappa shape index (κ2) is 7.11. The maximum absolute atomic E-state index is 11.0. The molecule has 0 aliphatic carbocycles. The van der Waals surface area contributed by atoms with Crippen molar-refractivity contribution in [2.45, 2.75) is 6.61 Å². The van der Waals surface area contributed by atoms with E-state index >= 15 is 0 Å². The number of nitrogens with one attached hydrogen (secondary N) is 1. The van der Waals surface area contributed by atoms with Crippen LogP contribution in [0.2, 0.25) is 0 Å². The van der Waals surface area contributed by atoms with Gasteiger partial charge in [-0.25, -0.2) is 0 Å². The number of anilines is 1. The number of piperazine rings is 1. The maximum atomic E-state index is 11.0. The van der Waals surface area contributed by atoms with Crippen LogP contribution in [-0.4, -0.2) is 31.1 Å². The lowest BCUT2D eigenvalue weighted by molar-refractivity contribution is -0.384. The minimum absolute atomic E-state index is 0.0481. The van der Waals surface area contributed by atoms with Crippen molar-refractivity contribution in [1.82, 2.24) is 5.32 Å². The molecular weight excluding hydrogens is 294 g/mol. The zero-order valence-electron chi connectivity index (χ0n) is 12.8. The summed E-state index contributed by atoms with van der Waals surface area (Å²) in [5.41, 5.74) is 1.99. The van der Waals surface area contributed by atoms with Gasteiger partial charge in [0.2, 0.25) is 0 Å². The molecule has 1 heterocycles. The third-order valence-electron chi connectivity index (χ3n) is 3.85. The topological polar surface area (TPSA) is 67.6 Å². The first-order chi connectivity index (χ1) is 11.2. The van der Waals surface area contributed by atoms with Crippen LogP contribution in [0.15, 0.2) is 48.5 Å². The molecule has 3 rings (SSSR count). The van der Waals surface area contributed by atoms with Gasteiger partial charge in [-0.1, -0.05) is 30.3 Å². The van der Waals surface area contributed by atoms with E-state index in [1.165, 1.54) is 12.1 Å². The van der Waals surface area contributed by atoms with Crippen molar-refractivity contribution >= 4 is 11.4 Å². The molecule has 0 unspecified atom stereocenters. The summed E-state index contributed by atoms with van der Waals surface area (Å²) in [7, 11) is 0. The Balaban J connectivity index is 1.84. The van der Waals surface area contributed by atoms with Crippen LogP contribution in [-0.2, 0) is 6.61 Å². The Hall–Kier alpha value is -2.60. The van der Waals surface area contributed by atoms with Gasteiger partial charge in [-0.05, 0) is 11.6 Å². The highest BCUT2D eigenvalue weighted by Crippen LogP contribution is 2.33. The summed E-state index contributed by atoms with van der Waals surface area (Å²) in [4.78, 5) is 12.8. The first kappa shape index (κ1) is 15.3. The Morgan fingerprint density at radius 3 is 2.57 bits per heavy atom. The van der Waals surface area contributed by atoms with Crippen molar-refractivity contribution < 1.29 is 9.66 Å². The van der Waals surface area contributed by atoms with Crippen LogP contribution in [0.4, 0.5) is 11.4 Å². The standard InChI is InChI=1S/C17H19N3O3/c21-20(22)15-6-7-16(19-10-8-18-9-11-19)17(12-15)23-13-14-4-2-1-3-5-14/h1-7,12,18H,8-11,13H2. The van der Waals surface area contributed by atoms with Crippen molar-refractivity contribution in [2.24, 2.45) is 0 Å². The number of nitrogens with zero attached hydrogens (tertiary/aromatic N) is 2. The summed E-state index contributed by atoms with van der Waals surface area (Å²) in [6, 6.07) is 14.6. The predicted octanol–water partition coefficient (Wildman–Crippen LogP) is 2.58. The predicted molar refractivity (Wildman–Crippen MR) is 89.0 cm³/mol. The zero-order chi connectivity index (χ0) is 16.1. The third kappa shape index (κ3) is 3.78. The van der Waals surface area contributed by atoms with E-state index in [-0.39, 0.29) is 5.69 Å². The minimum atomic E-state index is -0.392. The number of benzene rings is 2. The summed E-state index contributed by atoms with van der Waals surface area (Å²) in [5.74, 6) is 0.560. The van der Waals surface area contributed by atoms with Crippen LogP contribution in [0, 0.1) is 10.1 Å². The molecule has 0 bridgehead atoms. The molecule has 0 aromatic heterocycles. The number of nitro benzene ring substituents is 1. The molecule has 2 aromatic carbocycles. The van der Waals surface area contributed by atoms with Gasteiger partial charge in [-0.3, -0.25) is 10.1 Å². The zero-order valence-corrected chi connectivity index (χ0v) is 12.8. The fourth-order valence-corrected chi connectivity index (χ4v) is 2.63. The molecule has 120 valence electrons. The first-order valence-corrected chi connectivity index (χ1v) is 7.65. The highest BCUT2D eigenvalue weighted by atomic mass is 16.6. The van der Waals surface area contributed by atoms with E-state index in [2.05, 4.69) is 10.2 Å². The molecule has 0 radical (unpaired) electrons. The van der Waals surface area contributed by atoms with Crippen LogP contribution < -0.4 is 15.0 Å². The third-order valence-corrected chi connectivity index (χ3v) is 3.85. The van der Waals surface area contributed by atoms with E-state index in [1.54, 1.807) is 6.07 Å². The lowest BCUT2D eigenvalue weighted by Crippen LogP contribution is -2.43. The van der Waals surface area contributed by atoms with Gasteiger partial charge in [0.25, 0.3) is 5.69 Å². The van der Waals surface area contributed by atoms with Gasteiger partial charge in [0.15, 0.2) is 0 Å². The molecule has 1 aliphatic heterocycles. The molecule has 1 aliphatic rings. The molecule has 0 spiro atoms. The summed E-state index contributed by atoms with van der Waals surface area (Å²) in [5, 5.41) is 14.3. The van der Waals surface area contributed by atoms with Gasteiger partial charge in [0.05, 0.1) is 16.7 Å². The largest absolute Gasteiger partial charge is 0.486 e. The van der Waals surface area contributed by atoms with Crippen molar-refractivity contribution in [3.05, 3.63) is 64.2 Å². The second-order valence-corrected chi connectivity index (χ2v) is 5.42. The highest BCUT2D eigenvalue weighted by molar-refractivity contribution is 5.62. The van der Waals surface area contributed by atoms with Crippen LogP contribution in [0.1, 0.15) is 5.56 Å². The quantitative estimate of drug-likeness (QED) is 0.679. The highest BCUT2D eigenvalue weighted by Gasteiger charge is 2.18. The minimum Gasteiger partial charge on any atom is -0.486 e. The Morgan fingerprint density at radius 1 is 1.13 bits per heavy atom. The summed E-state index contributed by atoms with van der Waals surface area (Å²) in [6.07, 6.45) is 0.